The van der Waals surface area contributed by atoms with E-state index in [1.54, 1.807) is 0 Å². The van der Waals surface area contributed by atoms with E-state index in [0.29, 0.717) is 0 Å². The molecule has 0 aromatic heterocycles. The van der Waals surface area contributed by atoms with Gasteiger partial charge in [-0.1, -0.05) is 58.3 Å². The molecule has 4 fully saturated rings. The third-order valence-corrected chi connectivity index (χ3v) is 5.60. The van der Waals surface area contributed by atoms with Gasteiger partial charge in [0.25, 0.3) is 5.79 Å². The van der Waals surface area contributed by atoms with Crippen LogP contribution < -0.4 is 0 Å². The Balaban J connectivity index is 1.28. The maximum absolute atomic E-state index is 11.5. The van der Waals surface area contributed by atoms with Gasteiger partial charge in [0.1, 0.15) is 6.10 Å². The first-order chi connectivity index (χ1) is 9.54. The summed E-state index contributed by atoms with van der Waals surface area (Å²) in [5.74, 6) is -3.25. The molecule has 2 bridgehead atoms. The number of hydrogen-bond donors (Lipinski definition) is 1. The van der Waals surface area contributed by atoms with Gasteiger partial charge in [-0.25, -0.2) is 18.1 Å². The fourth-order valence-corrected chi connectivity index (χ4v) is 4.50. The molecule has 116 valence electrons. The van der Waals surface area contributed by atoms with Crippen molar-refractivity contribution in [1.82, 2.24) is 0 Å². The Hall–Kier alpha value is 0.0300. The Bertz CT molecular complexity index is 404. The minimum absolute atomic E-state index is 0.272. The molecule has 4 aliphatic heterocycles. The molecule has 4 heterocycles. The van der Waals surface area contributed by atoms with Gasteiger partial charge < -0.3 is 9.84 Å². The molecule has 4 rings (SSSR count). The Kier molecular flexibility index (Phi) is 3.99. The third-order valence-electron chi connectivity index (χ3n) is 4.16. The van der Waals surface area contributed by atoms with Crippen LogP contribution in [0, 0.1) is 0 Å². The lowest BCUT2D eigenvalue weighted by molar-refractivity contribution is -0.345. The van der Waals surface area contributed by atoms with Crippen LogP contribution in [-0.2, 0) is 22.9 Å². The summed E-state index contributed by atoms with van der Waals surface area (Å²) >= 11 is 0. The van der Waals surface area contributed by atoms with Gasteiger partial charge in [0.05, 0.1) is 0 Å². The Morgan fingerprint density at radius 3 is 2.15 bits per heavy atom. The Labute approximate surface area is 119 Å². The standard InChI is InChI=1S/C13H23O6P/c1-2-3-4-5-6-7-8-9-10-11-12(16-11)13(14)18-20(15,17-12)19-13/h11,14H,2-10H2,1H3. The maximum atomic E-state index is 11.5. The highest BCUT2D eigenvalue weighted by Crippen LogP contribution is 2.81. The summed E-state index contributed by atoms with van der Waals surface area (Å²) in [6, 6.07) is 0. The van der Waals surface area contributed by atoms with Gasteiger partial charge in [0, 0.05) is 0 Å². The van der Waals surface area contributed by atoms with Gasteiger partial charge in [0.2, 0.25) is 0 Å². The van der Waals surface area contributed by atoms with Gasteiger partial charge in [-0.3, -0.25) is 0 Å². The Morgan fingerprint density at radius 2 is 1.60 bits per heavy atom. The first-order valence-corrected chi connectivity index (χ1v) is 9.12. The van der Waals surface area contributed by atoms with E-state index in [0.717, 1.165) is 19.3 Å². The summed E-state index contributed by atoms with van der Waals surface area (Å²) in [4.78, 5) is 0. The highest BCUT2D eigenvalue weighted by atomic mass is 31.2. The molecule has 1 spiro atoms. The van der Waals surface area contributed by atoms with Crippen LogP contribution in [0.5, 0.6) is 0 Å². The smallest absolute Gasteiger partial charge is 0.338 e. The molecule has 0 saturated carbocycles. The van der Waals surface area contributed by atoms with Gasteiger partial charge in [-0.2, -0.15) is 0 Å². The number of ether oxygens (including phenoxy) is 1. The van der Waals surface area contributed by atoms with Crippen molar-refractivity contribution >= 4 is 7.82 Å². The first-order valence-electron chi connectivity index (χ1n) is 7.66. The fraction of sp³-hybridized carbons (Fsp3) is 1.00. The zero-order chi connectivity index (χ0) is 14.3. The van der Waals surface area contributed by atoms with E-state index < -0.39 is 19.6 Å². The largest absolute Gasteiger partial charge is 0.486 e. The van der Waals surface area contributed by atoms with Crippen LogP contribution in [-0.4, -0.2) is 23.0 Å². The molecular weight excluding hydrogens is 283 g/mol. The Morgan fingerprint density at radius 1 is 1.00 bits per heavy atom. The highest BCUT2D eigenvalue weighted by molar-refractivity contribution is 7.50. The number of unbranched alkanes of at least 4 members (excludes halogenated alkanes) is 7. The maximum Gasteiger partial charge on any atom is 0.486 e. The van der Waals surface area contributed by atoms with E-state index in [4.69, 9.17) is 18.3 Å². The topological polar surface area (TPSA) is 77.5 Å². The number of phosphoric ester groups is 1. The summed E-state index contributed by atoms with van der Waals surface area (Å²) in [5.41, 5.74) is 0. The summed E-state index contributed by atoms with van der Waals surface area (Å²) in [5, 5.41) is 9.84. The van der Waals surface area contributed by atoms with Gasteiger partial charge in [-0.05, 0) is 6.42 Å². The molecular formula is C13H23O6P. The molecule has 0 radical (unpaired) electrons. The van der Waals surface area contributed by atoms with Crippen molar-refractivity contribution in [3.8, 4) is 0 Å². The minimum Gasteiger partial charge on any atom is -0.338 e. The molecule has 0 aromatic rings. The lowest BCUT2D eigenvalue weighted by Crippen LogP contribution is -2.47. The molecule has 4 saturated heterocycles. The highest BCUT2D eigenvalue weighted by Gasteiger charge is 2.90. The van der Waals surface area contributed by atoms with E-state index in [1.165, 1.54) is 38.5 Å². The molecule has 0 aliphatic carbocycles. The number of hydrogen-bond acceptors (Lipinski definition) is 6. The van der Waals surface area contributed by atoms with Crippen molar-refractivity contribution in [2.45, 2.75) is 82.6 Å². The van der Waals surface area contributed by atoms with Crippen LogP contribution >= 0.6 is 7.82 Å². The average molecular weight is 306 g/mol. The van der Waals surface area contributed by atoms with Crippen molar-refractivity contribution in [2.75, 3.05) is 0 Å². The van der Waals surface area contributed by atoms with E-state index >= 15 is 0 Å². The normalized spacial score (nSPS) is 44.8. The number of rotatable bonds is 9. The lowest BCUT2D eigenvalue weighted by atomic mass is 10.0. The monoisotopic (exact) mass is 306 g/mol. The molecule has 4 aliphatic rings. The quantitative estimate of drug-likeness (QED) is 0.399. The van der Waals surface area contributed by atoms with Crippen molar-refractivity contribution in [3.05, 3.63) is 0 Å². The third kappa shape index (κ3) is 2.47. The molecule has 20 heavy (non-hydrogen) atoms. The van der Waals surface area contributed by atoms with Crippen LogP contribution in [0.4, 0.5) is 0 Å². The van der Waals surface area contributed by atoms with Crippen LogP contribution in [0.1, 0.15) is 64.7 Å². The molecule has 7 heteroatoms. The second kappa shape index (κ2) is 5.34. The van der Waals surface area contributed by atoms with Crippen molar-refractivity contribution < 1.29 is 28.0 Å². The molecule has 0 amide bonds. The van der Waals surface area contributed by atoms with E-state index in [2.05, 4.69) is 6.92 Å². The predicted molar refractivity (Wildman–Crippen MR) is 70.6 cm³/mol. The van der Waals surface area contributed by atoms with Gasteiger partial charge >= 0.3 is 13.8 Å². The zero-order valence-electron chi connectivity index (χ0n) is 11.9. The van der Waals surface area contributed by atoms with E-state index in [1.807, 2.05) is 0 Å². The number of phosphoric acid groups is 1. The molecule has 6 nitrogen and oxygen atoms in total. The molecule has 2 unspecified atom stereocenters. The number of aliphatic hydroxyl groups is 1. The van der Waals surface area contributed by atoms with Crippen LogP contribution in [0.3, 0.4) is 0 Å². The van der Waals surface area contributed by atoms with E-state index in [-0.39, 0.29) is 6.10 Å². The van der Waals surface area contributed by atoms with Gasteiger partial charge in [0.15, 0.2) is 0 Å². The molecule has 1 N–H and O–H groups in total. The second-order valence-electron chi connectivity index (χ2n) is 5.84. The van der Waals surface area contributed by atoms with Crippen molar-refractivity contribution in [2.24, 2.45) is 0 Å². The lowest BCUT2D eigenvalue weighted by Gasteiger charge is -2.28. The molecule has 2 atom stereocenters. The van der Waals surface area contributed by atoms with E-state index in [9.17, 15) is 9.67 Å². The van der Waals surface area contributed by atoms with Crippen molar-refractivity contribution in [1.29, 1.82) is 0 Å². The van der Waals surface area contributed by atoms with Crippen LogP contribution in [0.25, 0.3) is 0 Å². The van der Waals surface area contributed by atoms with Gasteiger partial charge in [-0.15, -0.1) is 0 Å². The SMILES string of the molecule is CCCCCCCCCCC1OC12OP1(=O)OC2(O)O1. The minimum atomic E-state index is -3.50. The summed E-state index contributed by atoms with van der Waals surface area (Å²) in [6.07, 6.45) is 10.4. The summed E-state index contributed by atoms with van der Waals surface area (Å²) < 4.78 is 31.4. The first kappa shape index (κ1) is 14.9. The number of epoxide rings is 1. The van der Waals surface area contributed by atoms with Crippen molar-refractivity contribution in [3.63, 3.8) is 0 Å². The second-order valence-corrected chi connectivity index (χ2v) is 7.28. The fourth-order valence-electron chi connectivity index (χ4n) is 2.95. The zero-order valence-corrected chi connectivity index (χ0v) is 12.8. The summed E-state index contributed by atoms with van der Waals surface area (Å²) in [7, 11) is -3.50. The average Bonchev–Trinajstić information content (AvgIpc) is 2.93. The van der Waals surface area contributed by atoms with Crippen LogP contribution in [0.2, 0.25) is 0 Å². The van der Waals surface area contributed by atoms with Crippen LogP contribution in [0.15, 0.2) is 0 Å². The predicted octanol–water partition coefficient (Wildman–Crippen LogP) is 3.44. The molecule has 0 aromatic carbocycles. The summed E-state index contributed by atoms with van der Waals surface area (Å²) in [6.45, 7) is 2.22.